The minimum absolute atomic E-state index is 0.203. The number of aliphatic hydroxyl groups excluding tert-OH is 8. The average molecular weight is 962 g/mol. The molecule has 12 atom stereocenters. The fraction of sp³-hybridized carbons (Fsp3) is 0.981. The van der Waals surface area contributed by atoms with E-state index in [1.165, 1.54) is 161 Å². The van der Waals surface area contributed by atoms with Crippen LogP contribution in [0.25, 0.3) is 0 Å². The monoisotopic (exact) mass is 962 g/mol. The van der Waals surface area contributed by atoms with Gasteiger partial charge in [0.15, 0.2) is 12.6 Å². The van der Waals surface area contributed by atoms with Gasteiger partial charge < -0.3 is 65.1 Å². The quantitative estimate of drug-likeness (QED) is 0.0263. The highest BCUT2D eigenvalue weighted by Gasteiger charge is 2.51. The van der Waals surface area contributed by atoms with Crippen LogP contribution < -0.4 is 5.32 Å². The van der Waals surface area contributed by atoms with Gasteiger partial charge in [-0.05, 0) is 12.8 Å². The van der Waals surface area contributed by atoms with Crippen molar-refractivity contribution in [3.05, 3.63) is 0 Å². The van der Waals surface area contributed by atoms with Gasteiger partial charge in [-0.1, -0.05) is 219 Å². The molecule has 0 saturated carbocycles. The van der Waals surface area contributed by atoms with Crippen LogP contribution in [0.2, 0.25) is 0 Å². The van der Waals surface area contributed by atoms with E-state index in [0.29, 0.717) is 12.8 Å². The fourth-order valence-corrected chi connectivity index (χ4v) is 9.53. The van der Waals surface area contributed by atoms with Crippen molar-refractivity contribution >= 4 is 5.91 Å². The van der Waals surface area contributed by atoms with Crippen LogP contribution >= 0.6 is 0 Å². The Bertz CT molecular complexity index is 1140. The number of carbonyl (C=O) groups is 1. The topological polar surface area (TPSA) is 228 Å². The molecule has 2 aliphatic heterocycles. The highest BCUT2D eigenvalue weighted by atomic mass is 16.7. The maximum absolute atomic E-state index is 13.2. The number of carbonyl (C=O) groups excluding carboxylic acids is 1. The van der Waals surface area contributed by atoms with Crippen LogP contribution in [0, 0.1) is 0 Å². The predicted molar refractivity (Wildman–Crippen MR) is 263 cm³/mol. The smallest absolute Gasteiger partial charge is 0.220 e. The van der Waals surface area contributed by atoms with E-state index < -0.39 is 86.8 Å². The number of nitrogens with one attached hydrogen (secondary N) is 1. The van der Waals surface area contributed by atoms with E-state index in [9.17, 15) is 45.6 Å². The van der Waals surface area contributed by atoms with Gasteiger partial charge in [0.2, 0.25) is 5.91 Å². The SMILES string of the molecule is CCCCCCCCCCCCCCCCCCCCCC(O)C(COC1OC(CO)C(OC2OC(CO)C(O)C(O)C2O)C(O)C1O)NC(=O)CCCCCCCCCCCCCCCC. The lowest BCUT2D eigenvalue weighted by molar-refractivity contribution is -0.359. The van der Waals surface area contributed by atoms with Crippen LogP contribution in [0.4, 0.5) is 0 Å². The van der Waals surface area contributed by atoms with Crippen LogP contribution in [0.5, 0.6) is 0 Å². The number of rotatable bonds is 44. The molecule has 1 amide bonds. The molecule has 12 unspecified atom stereocenters. The van der Waals surface area contributed by atoms with E-state index in [4.69, 9.17) is 18.9 Å². The highest BCUT2D eigenvalue weighted by molar-refractivity contribution is 5.76. The average Bonchev–Trinajstić information content (AvgIpc) is 3.32. The molecule has 0 aliphatic carbocycles. The minimum Gasteiger partial charge on any atom is -0.394 e. The first-order valence-corrected chi connectivity index (χ1v) is 27.8. The van der Waals surface area contributed by atoms with Crippen LogP contribution in [-0.4, -0.2) is 140 Å². The summed E-state index contributed by atoms with van der Waals surface area (Å²) in [4.78, 5) is 13.2. The second kappa shape index (κ2) is 40.6. The summed E-state index contributed by atoms with van der Waals surface area (Å²) in [5.41, 5.74) is 0. The molecule has 0 aromatic rings. The summed E-state index contributed by atoms with van der Waals surface area (Å²) in [6, 6.07) is -0.821. The predicted octanol–water partition coefficient (Wildman–Crippen LogP) is 8.17. The normalized spacial score (nSPS) is 26.5. The molecule has 2 saturated heterocycles. The maximum atomic E-state index is 13.2. The van der Waals surface area contributed by atoms with Gasteiger partial charge in [0, 0.05) is 6.42 Å². The Labute approximate surface area is 406 Å². The Kier molecular flexibility index (Phi) is 37.6. The fourth-order valence-electron chi connectivity index (χ4n) is 9.53. The summed E-state index contributed by atoms with van der Waals surface area (Å²) in [6.07, 6.45) is 25.2. The Balaban J connectivity index is 1.78. The zero-order valence-electron chi connectivity index (χ0n) is 42.4. The molecule has 67 heavy (non-hydrogen) atoms. The lowest BCUT2D eigenvalue weighted by Crippen LogP contribution is -2.65. The zero-order valence-corrected chi connectivity index (χ0v) is 42.4. The number of hydrogen-bond acceptors (Lipinski definition) is 13. The molecule has 0 bridgehead atoms. The second-order valence-corrected chi connectivity index (χ2v) is 20.1. The van der Waals surface area contributed by atoms with Gasteiger partial charge in [-0.3, -0.25) is 4.79 Å². The lowest BCUT2D eigenvalue weighted by atomic mass is 9.97. The van der Waals surface area contributed by atoms with Crippen molar-refractivity contribution in [2.45, 2.75) is 312 Å². The third kappa shape index (κ3) is 27.4. The molecule has 0 spiro atoms. The molecule has 0 aromatic carbocycles. The van der Waals surface area contributed by atoms with E-state index >= 15 is 0 Å². The van der Waals surface area contributed by atoms with Crippen molar-refractivity contribution in [2.24, 2.45) is 0 Å². The molecule has 2 aliphatic rings. The van der Waals surface area contributed by atoms with Crippen LogP contribution in [0.1, 0.15) is 239 Å². The van der Waals surface area contributed by atoms with E-state index in [0.717, 1.165) is 51.4 Å². The Morgan fingerprint density at radius 3 is 1.27 bits per heavy atom. The molecule has 398 valence electrons. The van der Waals surface area contributed by atoms with Gasteiger partial charge in [-0.25, -0.2) is 0 Å². The van der Waals surface area contributed by atoms with Gasteiger partial charge in [-0.15, -0.1) is 0 Å². The van der Waals surface area contributed by atoms with Crippen LogP contribution in [-0.2, 0) is 23.7 Å². The van der Waals surface area contributed by atoms with Crippen molar-refractivity contribution in [1.82, 2.24) is 5.32 Å². The number of hydrogen-bond donors (Lipinski definition) is 9. The number of aliphatic hydroxyl groups is 8. The molecule has 0 radical (unpaired) electrons. The summed E-state index contributed by atoms with van der Waals surface area (Å²) in [5, 5.41) is 87.1. The summed E-state index contributed by atoms with van der Waals surface area (Å²) >= 11 is 0. The first-order chi connectivity index (χ1) is 32.6. The summed E-state index contributed by atoms with van der Waals surface area (Å²) in [5.74, 6) is -0.203. The Hall–Kier alpha value is -1.01. The lowest BCUT2D eigenvalue weighted by Gasteiger charge is -2.46. The van der Waals surface area contributed by atoms with E-state index in [1.807, 2.05) is 0 Å². The first kappa shape index (κ1) is 62.1. The van der Waals surface area contributed by atoms with Crippen molar-refractivity contribution in [3.63, 3.8) is 0 Å². The minimum atomic E-state index is -1.78. The third-order valence-corrected chi connectivity index (χ3v) is 14.1. The van der Waals surface area contributed by atoms with E-state index in [-0.39, 0.29) is 12.5 Å². The number of ether oxygens (including phenoxy) is 4. The van der Waals surface area contributed by atoms with E-state index in [2.05, 4.69) is 19.2 Å². The molecule has 2 rings (SSSR count). The molecular formula is C53H103NO13. The van der Waals surface area contributed by atoms with Crippen molar-refractivity contribution < 1.29 is 64.6 Å². The molecule has 2 fully saturated rings. The van der Waals surface area contributed by atoms with Crippen molar-refractivity contribution in [1.29, 1.82) is 0 Å². The molecule has 14 nitrogen and oxygen atoms in total. The van der Waals surface area contributed by atoms with Crippen molar-refractivity contribution in [2.75, 3.05) is 19.8 Å². The summed E-state index contributed by atoms with van der Waals surface area (Å²) in [7, 11) is 0. The molecule has 14 heteroatoms. The summed E-state index contributed by atoms with van der Waals surface area (Å²) < 4.78 is 22.8. The van der Waals surface area contributed by atoms with Gasteiger partial charge in [0.25, 0.3) is 0 Å². The standard InChI is InChI=1S/C53H103NO13/c1-3-5-7-9-11-13-15-17-19-20-21-22-23-24-26-28-30-32-34-36-42(57)41(54-45(58)37-35-33-31-29-27-25-18-16-14-12-10-8-6-4-2)40-64-52-50(63)48(61)51(44(39-56)66-52)67-53-49(62)47(60)46(59)43(38-55)65-53/h41-44,46-53,55-57,59-63H,3-40H2,1-2H3,(H,54,58). The van der Waals surface area contributed by atoms with Gasteiger partial charge >= 0.3 is 0 Å². The number of unbranched alkanes of at least 4 members (excludes halogenated alkanes) is 31. The second-order valence-electron chi connectivity index (χ2n) is 20.1. The van der Waals surface area contributed by atoms with Crippen LogP contribution in [0.3, 0.4) is 0 Å². The molecule has 0 aromatic heterocycles. The first-order valence-electron chi connectivity index (χ1n) is 27.8. The molecule has 9 N–H and O–H groups in total. The van der Waals surface area contributed by atoms with E-state index in [1.54, 1.807) is 0 Å². The maximum Gasteiger partial charge on any atom is 0.220 e. The van der Waals surface area contributed by atoms with Crippen molar-refractivity contribution in [3.8, 4) is 0 Å². The van der Waals surface area contributed by atoms with Gasteiger partial charge in [-0.2, -0.15) is 0 Å². The summed E-state index contributed by atoms with van der Waals surface area (Å²) in [6.45, 7) is 2.88. The third-order valence-electron chi connectivity index (χ3n) is 14.1. The zero-order chi connectivity index (χ0) is 48.9. The Morgan fingerprint density at radius 1 is 0.478 bits per heavy atom. The Morgan fingerprint density at radius 2 is 0.851 bits per heavy atom. The molecule has 2 heterocycles. The largest absolute Gasteiger partial charge is 0.394 e. The molecular weight excluding hydrogens is 859 g/mol. The highest BCUT2D eigenvalue weighted by Crippen LogP contribution is 2.30. The van der Waals surface area contributed by atoms with Crippen LogP contribution in [0.15, 0.2) is 0 Å². The number of amides is 1. The van der Waals surface area contributed by atoms with Gasteiger partial charge in [0.05, 0.1) is 32.0 Å². The van der Waals surface area contributed by atoms with Gasteiger partial charge in [0.1, 0.15) is 48.8 Å².